The molecule has 1 aromatic heterocycles. The number of hydrogen-bond donors (Lipinski definition) is 1. The first-order chi connectivity index (χ1) is 7.13. The standard InChI is InChI=1S/C8H13OP.C5H5.2CH3.Fe/c1-5-4-10-8(6(5)2)7(3)9;1-2-4-5-3-1;;;/h4,7,9-10H,1-3H3;1-5H;2*1H3;/q;3*-1;+3/t7-;;;;/m0..../s1. The summed E-state index contributed by atoms with van der Waals surface area (Å²) in [6.07, 6.45) is -0.257. The normalized spacial score (nSPS) is 10.2. The molecule has 0 saturated heterocycles. The average Bonchev–Trinajstić information content (AvgIpc) is 2.81. The van der Waals surface area contributed by atoms with Gasteiger partial charge >= 0.3 is 17.1 Å². The van der Waals surface area contributed by atoms with Gasteiger partial charge in [0.05, 0.1) is 6.10 Å². The zero-order valence-corrected chi connectivity index (χ0v) is 13.9. The summed E-state index contributed by atoms with van der Waals surface area (Å²) in [4.78, 5) is 0. The van der Waals surface area contributed by atoms with Crippen LogP contribution in [0, 0.1) is 28.7 Å². The quantitative estimate of drug-likeness (QED) is 0.598. The maximum atomic E-state index is 9.26. The number of rotatable bonds is 1. The predicted octanol–water partition coefficient (Wildman–Crippen LogP) is 4.69. The van der Waals surface area contributed by atoms with Crippen molar-refractivity contribution < 1.29 is 22.2 Å². The Bertz CT molecular complexity index is 360. The summed E-state index contributed by atoms with van der Waals surface area (Å²) in [7, 11) is 0.708. The Labute approximate surface area is 125 Å². The van der Waals surface area contributed by atoms with E-state index in [-0.39, 0.29) is 38.0 Å². The first-order valence-electron chi connectivity index (χ1n) is 5.12. The molecular formula is C15H24FeOP. The molecule has 0 saturated carbocycles. The van der Waals surface area contributed by atoms with Gasteiger partial charge in [-0.1, -0.05) is 0 Å². The van der Waals surface area contributed by atoms with E-state index in [1.165, 1.54) is 16.4 Å². The van der Waals surface area contributed by atoms with Crippen LogP contribution < -0.4 is 0 Å². The van der Waals surface area contributed by atoms with Gasteiger partial charge in [-0.05, 0) is 43.0 Å². The largest absolute Gasteiger partial charge is 3.00 e. The summed E-state index contributed by atoms with van der Waals surface area (Å²) in [5.41, 5.74) is 2.61. The minimum Gasteiger partial charge on any atom is -0.388 e. The molecule has 0 aliphatic carbocycles. The summed E-state index contributed by atoms with van der Waals surface area (Å²) in [5.74, 6) is 2.19. The fourth-order valence-electron chi connectivity index (χ4n) is 1.37. The third-order valence-corrected chi connectivity index (χ3v) is 4.09. The molecule has 1 N–H and O–H groups in total. The Morgan fingerprint density at radius 1 is 1.17 bits per heavy atom. The van der Waals surface area contributed by atoms with E-state index in [0.717, 1.165) is 0 Å². The van der Waals surface area contributed by atoms with Crippen LogP contribution in [0.15, 0.2) is 36.1 Å². The van der Waals surface area contributed by atoms with Gasteiger partial charge in [0.15, 0.2) is 0 Å². The number of aliphatic hydroxyl groups excluding tert-OH is 1. The number of aryl methyl sites for hydroxylation is 1. The maximum absolute atomic E-state index is 9.26. The van der Waals surface area contributed by atoms with Gasteiger partial charge in [-0.3, -0.25) is 0 Å². The van der Waals surface area contributed by atoms with Crippen LogP contribution in [0.4, 0.5) is 0 Å². The summed E-state index contributed by atoms with van der Waals surface area (Å²) >= 11 is 0. The first kappa shape index (κ1) is 22.8. The van der Waals surface area contributed by atoms with Crippen molar-refractivity contribution >= 4 is 8.19 Å². The van der Waals surface area contributed by atoms with Crippen molar-refractivity contribution in [3.8, 4) is 0 Å². The molecule has 0 spiro atoms. The van der Waals surface area contributed by atoms with Crippen molar-refractivity contribution in [2.24, 2.45) is 0 Å². The molecule has 1 nitrogen and oxygen atoms in total. The van der Waals surface area contributed by atoms with Crippen LogP contribution in [0.5, 0.6) is 0 Å². The zero-order chi connectivity index (χ0) is 11.3. The number of aliphatic hydroxyl groups is 1. The maximum Gasteiger partial charge on any atom is 3.00 e. The van der Waals surface area contributed by atoms with Gasteiger partial charge in [0.2, 0.25) is 0 Å². The van der Waals surface area contributed by atoms with E-state index < -0.39 is 0 Å². The molecule has 0 bridgehead atoms. The van der Waals surface area contributed by atoms with E-state index >= 15 is 0 Å². The molecule has 18 heavy (non-hydrogen) atoms. The van der Waals surface area contributed by atoms with E-state index in [4.69, 9.17) is 0 Å². The van der Waals surface area contributed by atoms with Crippen molar-refractivity contribution in [3.05, 3.63) is 67.4 Å². The summed E-state index contributed by atoms with van der Waals surface area (Å²) in [5, 5.41) is 10.5. The Kier molecular flexibility index (Phi) is 14.8. The van der Waals surface area contributed by atoms with Gasteiger partial charge in [0.1, 0.15) is 0 Å². The van der Waals surface area contributed by atoms with Crippen LogP contribution in [0.25, 0.3) is 0 Å². The van der Waals surface area contributed by atoms with Crippen molar-refractivity contribution in [2.75, 3.05) is 0 Å². The second kappa shape index (κ2) is 11.7. The van der Waals surface area contributed by atoms with Crippen molar-refractivity contribution in [1.82, 2.24) is 0 Å². The van der Waals surface area contributed by atoms with Crippen LogP contribution in [-0.2, 0) is 17.1 Å². The van der Waals surface area contributed by atoms with Crippen molar-refractivity contribution in [1.29, 1.82) is 0 Å². The predicted molar refractivity (Wildman–Crippen MR) is 80.9 cm³/mol. The van der Waals surface area contributed by atoms with Gasteiger partial charge in [-0.25, -0.2) is 12.1 Å². The summed E-state index contributed by atoms with van der Waals surface area (Å²) in [6.45, 7) is 6.00. The molecule has 2 aromatic rings. The van der Waals surface area contributed by atoms with Gasteiger partial charge in [0, 0.05) is 0 Å². The summed E-state index contributed by atoms with van der Waals surface area (Å²) < 4.78 is 0. The SMILES string of the molecule is Cc1c[pH]c([C@H](C)O)c1C.[CH3-].[CH3-].[Fe+3].c1cc[cH-]c1. The Hall–Kier alpha value is -0.391. The monoisotopic (exact) mass is 307 g/mol. The molecule has 0 aliphatic heterocycles. The summed E-state index contributed by atoms with van der Waals surface area (Å²) in [6, 6.07) is 10.0. The number of hydrogen-bond acceptors (Lipinski definition) is 1. The van der Waals surface area contributed by atoms with Crippen molar-refractivity contribution in [2.45, 2.75) is 26.9 Å². The molecule has 1 radical (unpaired) electrons. The molecule has 1 heterocycles. The Balaban J connectivity index is -0.000000245. The van der Waals surface area contributed by atoms with Crippen LogP contribution in [0.2, 0.25) is 0 Å². The van der Waals surface area contributed by atoms with Gasteiger partial charge in [-0.2, -0.15) is 18.2 Å². The minimum atomic E-state index is -0.257. The van der Waals surface area contributed by atoms with E-state index in [2.05, 4.69) is 19.6 Å². The van der Waals surface area contributed by atoms with Crippen LogP contribution in [0.1, 0.15) is 29.4 Å². The second-order valence-corrected chi connectivity index (χ2v) is 4.76. The molecule has 1 unspecified atom stereocenters. The molecule has 0 amide bonds. The second-order valence-electron chi connectivity index (χ2n) is 3.65. The van der Waals surface area contributed by atoms with Crippen LogP contribution in [-0.4, -0.2) is 5.11 Å². The fraction of sp³-hybridized carbons (Fsp3) is 0.267. The van der Waals surface area contributed by atoms with Gasteiger partial charge < -0.3 is 20.0 Å². The molecule has 0 aliphatic rings. The minimum absolute atomic E-state index is 0. The van der Waals surface area contributed by atoms with E-state index in [1.54, 1.807) is 0 Å². The van der Waals surface area contributed by atoms with Crippen molar-refractivity contribution in [3.63, 3.8) is 0 Å². The third kappa shape index (κ3) is 7.13. The average molecular weight is 307 g/mol. The van der Waals surface area contributed by atoms with E-state index in [0.29, 0.717) is 8.19 Å². The van der Waals surface area contributed by atoms with Crippen LogP contribution in [0.3, 0.4) is 0 Å². The molecule has 3 heteroatoms. The first-order valence-corrected chi connectivity index (χ1v) is 6.20. The fourth-order valence-corrected chi connectivity index (χ4v) is 2.61. The molecular weight excluding hydrogens is 283 g/mol. The zero-order valence-electron chi connectivity index (χ0n) is 11.8. The Morgan fingerprint density at radius 2 is 1.67 bits per heavy atom. The van der Waals surface area contributed by atoms with Gasteiger partial charge in [0.25, 0.3) is 0 Å². The smallest absolute Gasteiger partial charge is 0.388 e. The molecule has 103 valence electrons. The van der Waals surface area contributed by atoms with E-state index in [9.17, 15) is 5.11 Å². The molecule has 0 fully saturated rings. The molecule has 2 rings (SSSR count). The third-order valence-electron chi connectivity index (χ3n) is 2.41. The Morgan fingerprint density at radius 3 is 1.83 bits per heavy atom. The van der Waals surface area contributed by atoms with Crippen LogP contribution >= 0.6 is 8.19 Å². The molecule has 1 aromatic carbocycles. The molecule has 2 atom stereocenters. The topological polar surface area (TPSA) is 20.2 Å². The van der Waals surface area contributed by atoms with Gasteiger partial charge in [-0.15, -0.1) is 8.19 Å². The van der Waals surface area contributed by atoms with E-state index in [1.807, 2.05) is 37.3 Å².